The fraction of sp³-hybridized carbons (Fsp3) is 0.533. The van der Waals surface area contributed by atoms with Crippen LogP contribution in [0.2, 0.25) is 0 Å². The van der Waals surface area contributed by atoms with Crippen LogP contribution in [0.1, 0.15) is 61.0 Å². The summed E-state index contributed by atoms with van der Waals surface area (Å²) in [5, 5.41) is 0. The number of Topliss-reactive ketones (excluding diaryl/α,β-unsaturated/α-hetero) is 1. The zero-order valence-electron chi connectivity index (χ0n) is 11.0. The van der Waals surface area contributed by atoms with Crippen molar-refractivity contribution in [2.45, 2.75) is 52.6 Å². The maximum Gasteiger partial charge on any atom is 0.207 e. The third-order valence-electron chi connectivity index (χ3n) is 3.37. The maximum atomic E-state index is 12.3. The third kappa shape index (κ3) is 1.97. The lowest BCUT2D eigenvalue weighted by atomic mass is 9.94. The van der Waals surface area contributed by atoms with E-state index >= 15 is 0 Å². The predicted octanol–water partition coefficient (Wildman–Crippen LogP) is 3.86. The Morgan fingerprint density at radius 1 is 1.35 bits per heavy atom. The van der Waals surface area contributed by atoms with Gasteiger partial charge in [0.15, 0.2) is 6.10 Å². The van der Waals surface area contributed by atoms with Crippen LogP contribution in [0.4, 0.5) is 0 Å². The van der Waals surface area contributed by atoms with Crippen LogP contribution in [0.25, 0.3) is 0 Å². The van der Waals surface area contributed by atoms with Crippen molar-refractivity contribution in [1.82, 2.24) is 0 Å². The van der Waals surface area contributed by atoms with E-state index in [-0.39, 0.29) is 11.9 Å². The molecule has 2 rings (SSSR count). The zero-order chi connectivity index (χ0) is 12.6. The molecular weight excluding hydrogens is 212 g/mol. The van der Waals surface area contributed by atoms with Gasteiger partial charge in [0, 0.05) is 0 Å². The Kier molecular flexibility index (Phi) is 3.23. The van der Waals surface area contributed by atoms with Crippen LogP contribution >= 0.6 is 0 Å². The van der Waals surface area contributed by atoms with Crippen molar-refractivity contribution in [3.8, 4) is 5.75 Å². The molecule has 0 bridgehead atoms. The summed E-state index contributed by atoms with van der Waals surface area (Å²) < 4.78 is 5.88. The van der Waals surface area contributed by atoms with Crippen molar-refractivity contribution in [3.63, 3.8) is 0 Å². The van der Waals surface area contributed by atoms with Crippen LogP contribution in [0, 0.1) is 6.92 Å². The number of rotatable bonds is 3. The molecule has 0 aromatic heterocycles. The molecule has 2 nitrogen and oxygen atoms in total. The summed E-state index contributed by atoms with van der Waals surface area (Å²) in [6, 6.07) is 4.12. The van der Waals surface area contributed by atoms with Crippen LogP contribution in [-0.2, 0) is 0 Å². The minimum absolute atomic E-state index is 0.168. The molecular formula is C15H20O2. The van der Waals surface area contributed by atoms with E-state index in [1.54, 1.807) is 0 Å². The average Bonchev–Trinajstić information content (AvgIpc) is 2.58. The first kappa shape index (κ1) is 12.2. The van der Waals surface area contributed by atoms with Gasteiger partial charge in [0.2, 0.25) is 5.78 Å². The smallest absolute Gasteiger partial charge is 0.207 e. The molecule has 0 radical (unpaired) electrons. The Morgan fingerprint density at radius 2 is 2.06 bits per heavy atom. The van der Waals surface area contributed by atoms with E-state index < -0.39 is 0 Å². The molecule has 0 fully saturated rings. The Hall–Kier alpha value is -1.31. The highest BCUT2D eigenvalue weighted by atomic mass is 16.5. The molecule has 1 aromatic rings. The number of aryl methyl sites for hydroxylation is 1. The summed E-state index contributed by atoms with van der Waals surface area (Å²) >= 11 is 0. The van der Waals surface area contributed by atoms with Gasteiger partial charge < -0.3 is 4.74 Å². The first-order valence-electron chi connectivity index (χ1n) is 6.40. The van der Waals surface area contributed by atoms with Crippen LogP contribution in [-0.4, -0.2) is 11.9 Å². The van der Waals surface area contributed by atoms with E-state index in [0.29, 0.717) is 5.92 Å². The van der Waals surface area contributed by atoms with Gasteiger partial charge in [-0.3, -0.25) is 4.79 Å². The van der Waals surface area contributed by atoms with Crippen molar-refractivity contribution >= 4 is 5.78 Å². The van der Waals surface area contributed by atoms with Gasteiger partial charge in [-0.1, -0.05) is 39.3 Å². The number of benzene rings is 1. The van der Waals surface area contributed by atoms with Crippen molar-refractivity contribution in [3.05, 3.63) is 28.8 Å². The molecule has 0 saturated carbocycles. The van der Waals surface area contributed by atoms with Crippen LogP contribution in [0.15, 0.2) is 12.1 Å². The number of carbonyl (C=O) groups excluding carboxylic acids is 1. The van der Waals surface area contributed by atoms with Crippen molar-refractivity contribution in [1.29, 1.82) is 0 Å². The standard InChI is InChI=1S/C15H20O2/c1-5-6-12-14(16)13-10(4)7-8-11(9(2)3)15(13)17-12/h7-9,12H,5-6H2,1-4H3. The Balaban J connectivity index is 2.48. The summed E-state index contributed by atoms with van der Waals surface area (Å²) in [5.41, 5.74) is 3.00. The fourth-order valence-electron chi connectivity index (χ4n) is 2.39. The molecule has 1 atom stereocenters. The second-order valence-electron chi connectivity index (χ2n) is 5.09. The lowest BCUT2D eigenvalue weighted by Gasteiger charge is -2.13. The predicted molar refractivity (Wildman–Crippen MR) is 68.9 cm³/mol. The van der Waals surface area contributed by atoms with E-state index in [2.05, 4.69) is 26.8 Å². The monoisotopic (exact) mass is 232 g/mol. The Bertz CT molecular complexity index is 446. The van der Waals surface area contributed by atoms with Gasteiger partial charge in [0.1, 0.15) is 5.75 Å². The molecule has 1 aromatic carbocycles. The second-order valence-corrected chi connectivity index (χ2v) is 5.09. The third-order valence-corrected chi connectivity index (χ3v) is 3.37. The van der Waals surface area contributed by atoms with Crippen LogP contribution in [0.3, 0.4) is 0 Å². The summed E-state index contributed by atoms with van der Waals surface area (Å²) in [4.78, 5) is 12.3. The van der Waals surface area contributed by atoms with Gasteiger partial charge in [-0.15, -0.1) is 0 Å². The molecule has 0 amide bonds. The van der Waals surface area contributed by atoms with Crippen molar-refractivity contribution < 1.29 is 9.53 Å². The lowest BCUT2D eigenvalue weighted by Crippen LogP contribution is -2.20. The van der Waals surface area contributed by atoms with E-state index in [1.165, 1.54) is 0 Å². The summed E-state index contributed by atoms with van der Waals surface area (Å²) in [6.45, 7) is 8.33. The molecule has 1 aliphatic heterocycles. The van der Waals surface area contributed by atoms with Gasteiger partial charge in [-0.25, -0.2) is 0 Å². The number of carbonyl (C=O) groups is 1. The van der Waals surface area contributed by atoms with Crippen LogP contribution < -0.4 is 4.74 Å². The molecule has 1 heterocycles. The maximum absolute atomic E-state index is 12.3. The molecule has 17 heavy (non-hydrogen) atoms. The molecule has 0 N–H and O–H groups in total. The molecule has 1 unspecified atom stereocenters. The van der Waals surface area contributed by atoms with Gasteiger partial charge in [-0.2, -0.15) is 0 Å². The Labute approximate surface area is 103 Å². The number of ether oxygens (including phenoxy) is 1. The summed E-state index contributed by atoms with van der Waals surface area (Å²) in [7, 11) is 0. The van der Waals surface area contributed by atoms with Gasteiger partial charge in [-0.05, 0) is 30.4 Å². The van der Waals surface area contributed by atoms with Crippen LogP contribution in [0.5, 0.6) is 5.75 Å². The van der Waals surface area contributed by atoms with E-state index in [9.17, 15) is 4.79 Å². The summed E-state index contributed by atoms with van der Waals surface area (Å²) in [6.07, 6.45) is 1.53. The van der Waals surface area contributed by atoms with Crippen molar-refractivity contribution in [2.24, 2.45) is 0 Å². The summed E-state index contributed by atoms with van der Waals surface area (Å²) in [5.74, 6) is 1.39. The van der Waals surface area contributed by atoms with E-state index in [4.69, 9.17) is 4.74 Å². The highest BCUT2D eigenvalue weighted by molar-refractivity contribution is 6.06. The van der Waals surface area contributed by atoms with Gasteiger partial charge in [0.25, 0.3) is 0 Å². The first-order valence-corrected chi connectivity index (χ1v) is 6.40. The zero-order valence-corrected chi connectivity index (χ0v) is 11.0. The quantitative estimate of drug-likeness (QED) is 0.791. The molecule has 2 heteroatoms. The SMILES string of the molecule is CCCC1Oc2c(C(C)C)ccc(C)c2C1=O. The number of ketones is 1. The molecule has 1 aliphatic rings. The highest BCUT2D eigenvalue weighted by Crippen LogP contribution is 2.39. The fourth-order valence-corrected chi connectivity index (χ4v) is 2.39. The van der Waals surface area contributed by atoms with Crippen molar-refractivity contribution in [2.75, 3.05) is 0 Å². The minimum atomic E-state index is -0.256. The lowest BCUT2D eigenvalue weighted by molar-refractivity contribution is 0.0844. The highest BCUT2D eigenvalue weighted by Gasteiger charge is 2.35. The second kappa shape index (κ2) is 4.52. The molecule has 0 spiro atoms. The molecule has 0 aliphatic carbocycles. The number of hydrogen-bond donors (Lipinski definition) is 0. The van der Waals surface area contributed by atoms with Gasteiger partial charge in [0.05, 0.1) is 5.56 Å². The average molecular weight is 232 g/mol. The minimum Gasteiger partial charge on any atom is -0.481 e. The first-order chi connectivity index (χ1) is 8.06. The molecule has 92 valence electrons. The van der Waals surface area contributed by atoms with E-state index in [0.717, 1.165) is 35.3 Å². The number of fused-ring (bicyclic) bond motifs is 1. The van der Waals surface area contributed by atoms with E-state index in [1.807, 2.05) is 13.0 Å². The number of hydrogen-bond acceptors (Lipinski definition) is 2. The molecule has 0 saturated heterocycles. The normalized spacial score (nSPS) is 18.4. The largest absolute Gasteiger partial charge is 0.481 e. The Morgan fingerprint density at radius 3 is 2.65 bits per heavy atom. The van der Waals surface area contributed by atoms with Gasteiger partial charge >= 0.3 is 0 Å². The topological polar surface area (TPSA) is 26.3 Å².